The molecule has 0 N–H and O–H groups in total. The predicted molar refractivity (Wildman–Crippen MR) is 121 cm³/mol. The van der Waals surface area contributed by atoms with E-state index < -0.39 is 12.0 Å². The Balaban J connectivity index is 1.55. The van der Waals surface area contributed by atoms with Crippen molar-refractivity contribution < 1.29 is 18.0 Å². The maximum absolute atomic E-state index is 13.3. The zero-order chi connectivity index (χ0) is 24.3. The zero-order valence-electron chi connectivity index (χ0n) is 18.9. The molecule has 6 nitrogen and oxygen atoms in total. The molecule has 1 amide bonds. The van der Waals surface area contributed by atoms with Crippen LogP contribution in [0.15, 0.2) is 60.7 Å². The second-order valence-electron chi connectivity index (χ2n) is 8.13. The highest BCUT2D eigenvalue weighted by molar-refractivity contribution is 5.76. The van der Waals surface area contributed by atoms with Gasteiger partial charge >= 0.3 is 6.18 Å². The number of hydrogen-bond acceptors (Lipinski definition) is 4. The Morgan fingerprint density at radius 3 is 2.00 bits per heavy atom. The SMILES string of the molecule is Cc1nc2nc(C(F)(F)F)nn2c(C)c1CCC(=O)N(Cc1ccccc1)Cc1ccccc1. The molecule has 0 atom stereocenters. The third-order valence-electron chi connectivity index (χ3n) is 5.68. The molecular weight excluding hydrogens is 443 g/mol. The number of hydrogen-bond donors (Lipinski definition) is 0. The first kappa shape index (κ1) is 23.4. The van der Waals surface area contributed by atoms with Gasteiger partial charge in [-0.3, -0.25) is 4.79 Å². The minimum absolute atomic E-state index is 0.0545. The molecule has 0 saturated heterocycles. The summed E-state index contributed by atoms with van der Waals surface area (Å²) >= 11 is 0. The summed E-state index contributed by atoms with van der Waals surface area (Å²) in [5.74, 6) is -1.39. The number of alkyl halides is 3. The van der Waals surface area contributed by atoms with Gasteiger partial charge in [0.05, 0.1) is 0 Å². The first-order valence-electron chi connectivity index (χ1n) is 10.9. The highest BCUT2D eigenvalue weighted by Crippen LogP contribution is 2.27. The summed E-state index contributed by atoms with van der Waals surface area (Å²) in [6, 6.07) is 19.5. The molecule has 0 aliphatic heterocycles. The summed E-state index contributed by atoms with van der Waals surface area (Å²) < 4.78 is 40.2. The molecule has 0 unspecified atom stereocenters. The van der Waals surface area contributed by atoms with Crippen LogP contribution >= 0.6 is 0 Å². The fraction of sp³-hybridized carbons (Fsp3) is 0.280. The smallest absolute Gasteiger partial charge is 0.334 e. The van der Waals surface area contributed by atoms with Gasteiger partial charge in [-0.1, -0.05) is 60.7 Å². The van der Waals surface area contributed by atoms with Crippen molar-refractivity contribution in [3.8, 4) is 0 Å². The van der Waals surface area contributed by atoms with E-state index in [9.17, 15) is 18.0 Å². The average Bonchev–Trinajstić information content (AvgIpc) is 3.25. The van der Waals surface area contributed by atoms with Crippen LogP contribution in [-0.2, 0) is 30.5 Å². The van der Waals surface area contributed by atoms with Gasteiger partial charge in [0.2, 0.25) is 5.91 Å². The normalized spacial score (nSPS) is 11.7. The van der Waals surface area contributed by atoms with Gasteiger partial charge in [0.25, 0.3) is 11.6 Å². The maximum Gasteiger partial charge on any atom is 0.453 e. The summed E-state index contributed by atoms with van der Waals surface area (Å²) in [5.41, 5.74) is 3.76. The Hall–Kier alpha value is -3.75. The van der Waals surface area contributed by atoms with Crippen molar-refractivity contribution in [1.82, 2.24) is 24.5 Å². The number of halogens is 3. The van der Waals surface area contributed by atoms with Crippen molar-refractivity contribution in [2.45, 2.75) is 46.0 Å². The molecule has 0 radical (unpaired) electrons. The van der Waals surface area contributed by atoms with E-state index in [2.05, 4.69) is 15.1 Å². The van der Waals surface area contributed by atoms with Gasteiger partial charge in [-0.15, -0.1) is 5.10 Å². The van der Waals surface area contributed by atoms with Crippen molar-refractivity contribution >= 4 is 11.7 Å². The number of aryl methyl sites for hydroxylation is 2. The van der Waals surface area contributed by atoms with E-state index >= 15 is 0 Å². The molecule has 0 saturated carbocycles. The molecule has 0 aliphatic carbocycles. The Morgan fingerprint density at radius 1 is 0.912 bits per heavy atom. The molecule has 4 rings (SSSR count). The number of aromatic nitrogens is 4. The molecule has 2 aromatic carbocycles. The summed E-state index contributed by atoms with van der Waals surface area (Å²) in [6.07, 6.45) is -4.13. The van der Waals surface area contributed by atoms with Crippen molar-refractivity contribution in [3.05, 3.63) is 94.6 Å². The summed E-state index contributed by atoms with van der Waals surface area (Å²) in [5, 5.41) is 3.58. The first-order chi connectivity index (χ1) is 16.2. The number of carbonyl (C=O) groups excluding carboxylic acids is 1. The van der Waals surface area contributed by atoms with Gasteiger partial charge in [-0.25, -0.2) is 9.50 Å². The highest BCUT2D eigenvalue weighted by Gasteiger charge is 2.37. The molecule has 0 aliphatic rings. The Labute approximate surface area is 195 Å². The van der Waals surface area contributed by atoms with Crippen LogP contribution in [0.1, 0.15) is 40.3 Å². The molecule has 2 aromatic heterocycles. The highest BCUT2D eigenvalue weighted by atomic mass is 19.4. The molecule has 176 valence electrons. The zero-order valence-corrected chi connectivity index (χ0v) is 18.9. The molecule has 4 aromatic rings. The number of benzene rings is 2. The van der Waals surface area contributed by atoms with E-state index in [0.717, 1.165) is 15.6 Å². The van der Waals surface area contributed by atoms with Gasteiger partial charge in [0.1, 0.15) is 0 Å². The minimum atomic E-state index is -4.65. The average molecular weight is 467 g/mol. The molecule has 0 fully saturated rings. The minimum Gasteiger partial charge on any atom is -0.334 e. The van der Waals surface area contributed by atoms with E-state index in [1.54, 1.807) is 18.7 Å². The lowest BCUT2D eigenvalue weighted by molar-refractivity contribution is -0.144. The van der Waals surface area contributed by atoms with Crippen LogP contribution in [0.3, 0.4) is 0 Å². The van der Waals surface area contributed by atoms with Gasteiger partial charge in [-0.05, 0) is 37.0 Å². The molecule has 0 bridgehead atoms. The van der Waals surface area contributed by atoms with E-state index in [0.29, 0.717) is 36.5 Å². The number of fused-ring (bicyclic) bond motifs is 1. The van der Waals surface area contributed by atoms with Crippen molar-refractivity contribution in [2.24, 2.45) is 0 Å². The van der Waals surface area contributed by atoms with Crippen LogP contribution in [0.4, 0.5) is 13.2 Å². The summed E-state index contributed by atoms with van der Waals surface area (Å²) in [4.78, 5) is 22.8. The lowest BCUT2D eigenvalue weighted by Crippen LogP contribution is -2.30. The van der Waals surface area contributed by atoms with Gasteiger partial charge in [0, 0.05) is 30.9 Å². The van der Waals surface area contributed by atoms with Crippen LogP contribution in [-0.4, -0.2) is 30.4 Å². The van der Waals surface area contributed by atoms with E-state index in [1.807, 2.05) is 60.7 Å². The lowest BCUT2D eigenvalue weighted by atomic mass is 10.1. The number of carbonyl (C=O) groups is 1. The van der Waals surface area contributed by atoms with Crippen LogP contribution in [0.2, 0.25) is 0 Å². The van der Waals surface area contributed by atoms with Crippen LogP contribution < -0.4 is 0 Å². The Morgan fingerprint density at radius 2 is 1.47 bits per heavy atom. The lowest BCUT2D eigenvalue weighted by Gasteiger charge is -2.23. The fourth-order valence-corrected chi connectivity index (χ4v) is 3.92. The quantitative estimate of drug-likeness (QED) is 0.387. The molecule has 34 heavy (non-hydrogen) atoms. The number of rotatable bonds is 7. The predicted octanol–water partition coefficient (Wildman–Crippen LogP) is 4.92. The van der Waals surface area contributed by atoms with Gasteiger partial charge in [0.15, 0.2) is 0 Å². The second-order valence-corrected chi connectivity index (χ2v) is 8.13. The first-order valence-corrected chi connectivity index (χ1v) is 10.9. The maximum atomic E-state index is 13.3. The largest absolute Gasteiger partial charge is 0.453 e. The van der Waals surface area contributed by atoms with E-state index in [-0.39, 0.29) is 18.1 Å². The molecule has 9 heteroatoms. The van der Waals surface area contributed by atoms with Gasteiger partial charge < -0.3 is 4.90 Å². The fourth-order valence-electron chi connectivity index (χ4n) is 3.92. The summed E-state index contributed by atoms with van der Waals surface area (Å²) in [7, 11) is 0. The standard InChI is InChI=1S/C25H24F3N5O/c1-17-21(18(2)33-24(29-17)30-23(31-33)25(26,27)28)13-14-22(34)32(15-19-9-5-3-6-10-19)16-20-11-7-4-8-12-20/h3-12H,13-16H2,1-2H3. The van der Waals surface area contributed by atoms with Crippen molar-refractivity contribution in [1.29, 1.82) is 0 Å². The third kappa shape index (κ3) is 5.24. The van der Waals surface area contributed by atoms with Crippen molar-refractivity contribution in [2.75, 3.05) is 0 Å². The number of amides is 1. The van der Waals surface area contributed by atoms with Crippen LogP contribution in [0.5, 0.6) is 0 Å². The van der Waals surface area contributed by atoms with Crippen molar-refractivity contribution in [3.63, 3.8) is 0 Å². The number of nitrogens with zero attached hydrogens (tertiary/aromatic N) is 5. The molecular formula is C25H24F3N5O. The third-order valence-corrected chi connectivity index (χ3v) is 5.68. The van der Waals surface area contributed by atoms with Crippen LogP contribution in [0, 0.1) is 13.8 Å². The topological polar surface area (TPSA) is 63.4 Å². The Bertz CT molecular complexity index is 1250. The van der Waals surface area contributed by atoms with E-state index in [4.69, 9.17) is 0 Å². The monoisotopic (exact) mass is 467 g/mol. The summed E-state index contributed by atoms with van der Waals surface area (Å²) in [6.45, 7) is 4.30. The second kappa shape index (κ2) is 9.62. The van der Waals surface area contributed by atoms with E-state index in [1.165, 1.54) is 0 Å². The van der Waals surface area contributed by atoms with Gasteiger partial charge in [-0.2, -0.15) is 18.2 Å². The Kier molecular flexibility index (Phi) is 6.63. The molecule has 2 heterocycles. The van der Waals surface area contributed by atoms with Crippen LogP contribution in [0.25, 0.3) is 5.78 Å². The molecule has 0 spiro atoms.